The van der Waals surface area contributed by atoms with Gasteiger partial charge in [-0.15, -0.1) is 0 Å². The van der Waals surface area contributed by atoms with Crippen LogP contribution in [0.2, 0.25) is 0 Å². The normalized spacial score (nSPS) is 14.2. The van der Waals surface area contributed by atoms with Crippen molar-refractivity contribution in [1.29, 1.82) is 0 Å². The third kappa shape index (κ3) is 5.00. The first-order chi connectivity index (χ1) is 11.3. The van der Waals surface area contributed by atoms with Crippen LogP contribution in [0.3, 0.4) is 0 Å². The Bertz CT molecular complexity index is 647. The number of nitrogens with one attached hydrogen (secondary N) is 1. The van der Waals surface area contributed by atoms with Crippen molar-refractivity contribution in [3.63, 3.8) is 0 Å². The van der Waals surface area contributed by atoms with Gasteiger partial charge in [0.2, 0.25) is 0 Å². The molecular formula is C21H29NO2. The van der Waals surface area contributed by atoms with Crippen LogP contribution in [0.25, 0.3) is 0 Å². The molecule has 0 saturated heterocycles. The zero-order valence-electron chi connectivity index (χ0n) is 15.3. The number of ether oxygens (including phenoxy) is 1. The average molecular weight is 327 g/mol. The Morgan fingerprint density at radius 1 is 1.04 bits per heavy atom. The summed E-state index contributed by atoms with van der Waals surface area (Å²) in [6, 6.07) is 16.5. The molecule has 0 fully saturated rings. The summed E-state index contributed by atoms with van der Waals surface area (Å²) in [5.74, 6) is 0.935. The molecule has 2 rings (SSSR count). The molecule has 2 unspecified atom stereocenters. The van der Waals surface area contributed by atoms with Crippen molar-refractivity contribution in [3.8, 4) is 11.5 Å². The molecule has 0 aliphatic carbocycles. The molecule has 0 aromatic heterocycles. The van der Waals surface area contributed by atoms with E-state index in [1.54, 1.807) is 13.2 Å². The number of phenols is 1. The summed E-state index contributed by atoms with van der Waals surface area (Å²) < 4.78 is 5.29. The predicted octanol–water partition coefficient (Wildman–Crippen LogP) is 4.70. The van der Waals surface area contributed by atoms with Crippen molar-refractivity contribution in [2.45, 2.75) is 51.6 Å². The van der Waals surface area contributed by atoms with E-state index in [0.717, 1.165) is 12.0 Å². The number of phenolic OH excluding ortho intramolecular Hbond substituents is 1. The fourth-order valence-electron chi connectivity index (χ4n) is 3.21. The molecule has 0 radical (unpaired) electrons. The molecule has 2 aromatic rings. The molecule has 2 N–H and O–H groups in total. The summed E-state index contributed by atoms with van der Waals surface area (Å²) in [5, 5.41) is 13.5. The number of aromatic hydroxyl groups is 1. The second-order valence-corrected chi connectivity index (χ2v) is 7.43. The molecule has 24 heavy (non-hydrogen) atoms. The summed E-state index contributed by atoms with van der Waals surface area (Å²) in [4.78, 5) is 0. The molecule has 0 aliphatic heterocycles. The fraction of sp³-hybridized carbons (Fsp3) is 0.429. The van der Waals surface area contributed by atoms with E-state index in [1.165, 1.54) is 5.56 Å². The minimum Gasteiger partial charge on any atom is -0.504 e. The number of methoxy groups -OCH3 is 1. The minimum absolute atomic E-state index is 0.0767. The summed E-state index contributed by atoms with van der Waals surface area (Å²) in [6.45, 7) is 8.78. The molecular weight excluding hydrogens is 298 g/mol. The fourth-order valence-corrected chi connectivity index (χ4v) is 3.21. The van der Waals surface area contributed by atoms with Crippen LogP contribution in [0.15, 0.2) is 48.5 Å². The monoisotopic (exact) mass is 327 g/mol. The van der Waals surface area contributed by atoms with E-state index >= 15 is 0 Å². The van der Waals surface area contributed by atoms with Gasteiger partial charge in [0, 0.05) is 17.5 Å². The van der Waals surface area contributed by atoms with Crippen LogP contribution in [0, 0.1) is 0 Å². The van der Waals surface area contributed by atoms with Crippen LogP contribution in [-0.2, 0) is 0 Å². The summed E-state index contributed by atoms with van der Waals surface area (Å²) in [7, 11) is 1.58. The third-order valence-electron chi connectivity index (χ3n) is 4.08. The SMILES string of the molecule is COc1cc(C(CC(C)NC(C)(C)C)c2ccccc2)ccc1O. The van der Waals surface area contributed by atoms with Gasteiger partial charge in [0.1, 0.15) is 0 Å². The quantitative estimate of drug-likeness (QED) is 0.808. The van der Waals surface area contributed by atoms with Gasteiger partial charge in [-0.2, -0.15) is 0 Å². The van der Waals surface area contributed by atoms with Crippen molar-refractivity contribution in [2.75, 3.05) is 7.11 Å². The lowest BCUT2D eigenvalue weighted by Gasteiger charge is -2.29. The lowest BCUT2D eigenvalue weighted by atomic mass is 9.85. The smallest absolute Gasteiger partial charge is 0.160 e. The van der Waals surface area contributed by atoms with E-state index in [2.05, 4.69) is 57.3 Å². The number of hydrogen-bond donors (Lipinski definition) is 2. The molecule has 3 heteroatoms. The average Bonchev–Trinajstić information content (AvgIpc) is 2.52. The van der Waals surface area contributed by atoms with E-state index in [4.69, 9.17) is 4.74 Å². The van der Waals surface area contributed by atoms with E-state index < -0.39 is 0 Å². The topological polar surface area (TPSA) is 41.5 Å². The molecule has 0 aliphatic rings. The van der Waals surface area contributed by atoms with Gasteiger partial charge in [0.25, 0.3) is 0 Å². The van der Waals surface area contributed by atoms with Crippen molar-refractivity contribution < 1.29 is 9.84 Å². The first-order valence-corrected chi connectivity index (χ1v) is 8.49. The third-order valence-corrected chi connectivity index (χ3v) is 4.08. The van der Waals surface area contributed by atoms with Crippen LogP contribution in [-0.4, -0.2) is 23.8 Å². The Balaban J connectivity index is 2.33. The molecule has 3 nitrogen and oxygen atoms in total. The Hall–Kier alpha value is -2.00. The minimum atomic E-state index is 0.0767. The Labute approximate surface area is 145 Å². The summed E-state index contributed by atoms with van der Waals surface area (Å²) in [6.07, 6.45) is 0.967. The van der Waals surface area contributed by atoms with Gasteiger partial charge in [-0.05, 0) is 57.4 Å². The van der Waals surface area contributed by atoms with Crippen molar-refractivity contribution >= 4 is 0 Å². The van der Waals surface area contributed by atoms with Gasteiger partial charge in [0.05, 0.1) is 7.11 Å². The van der Waals surface area contributed by atoms with E-state index in [9.17, 15) is 5.11 Å². The van der Waals surface area contributed by atoms with E-state index in [0.29, 0.717) is 11.8 Å². The van der Waals surface area contributed by atoms with Crippen molar-refractivity contribution in [1.82, 2.24) is 5.32 Å². The molecule has 2 aromatic carbocycles. The molecule has 130 valence electrons. The second-order valence-electron chi connectivity index (χ2n) is 7.43. The van der Waals surface area contributed by atoms with Gasteiger partial charge in [-0.1, -0.05) is 36.4 Å². The highest BCUT2D eigenvalue weighted by atomic mass is 16.5. The Kier molecular flexibility index (Phi) is 5.89. The molecule has 0 heterocycles. The van der Waals surface area contributed by atoms with E-state index in [-0.39, 0.29) is 17.2 Å². The van der Waals surface area contributed by atoms with Gasteiger partial charge < -0.3 is 15.2 Å². The van der Waals surface area contributed by atoms with Crippen LogP contribution < -0.4 is 10.1 Å². The van der Waals surface area contributed by atoms with Gasteiger partial charge in [0.15, 0.2) is 11.5 Å². The highest BCUT2D eigenvalue weighted by molar-refractivity contribution is 5.45. The maximum Gasteiger partial charge on any atom is 0.160 e. The molecule has 0 amide bonds. The summed E-state index contributed by atoms with van der Waals surface area (Å²) in [5.41, 5.74) is 2.50. The lowest BCUT2D eigenvalue weighted by molar-refractivity contribution is 0.351. The largest absolute Gasteiger partial charge is 0.504 e. The maximum absolute atomic E-state index is 9.88. The van der Waals surface area contributed by atoms with Gasteiger partial charge >= 0.3 is 0 Å². The zero-order chi connectivity index (χ0) is 17.7. The van der Waals surface area contributed by atoms with Gasteiger partial charge in [-0.25, -0.2) is 0 Å². The van der Waals surface area contributed by atoms with Crippen LogP contribution in [0.4, 0.5) is 0 Å². The first kappa shape index (κ1) is 18.3. The molecule has 0 saturated carbocycles. The Morgan fingerprint density at radius 3 is 2.29 bits per heavy atom. The van der Waals surface area contributed by atoms with Crippen molar-refractivity contribution in [2.24, 2.45) is 0 Å². The van der Waals surface area contributed by atoms with E-state index in [1.807, 2.05) is 18.2 Å². The van der Waals surface area contributed by atoms with Crippen LogP contribution in [0.1, 0.15) is 51.2 Å². The second kappa shape index (κ2) is 7.71. The standard InChI is InChI=1S/C21H29NO2/c1-15(22-21(2,3)4)13-18(16-9-7-6-8-10-16)17-11-12-19(23)20(14-17)24-5/h6-12,14-15,18,22-23H,13H2,1-5H3. The van der Waals surface area contributed by atoms with Crippen molar-refractivity contribution in [3.05, 3.63) is 59.7 Å². The Morgan fingerprint density at radius 2 is 1.71 bits per heavy atom. The molecule has 0 spiro atoms. The zero-order valence-corrected chi connectivity index (χ0v) is 15.3. The number of benzene rings is 2. The van der Waals surface area contributed by atoms with Gasteiger partial charge in [-0.3, -0.25) is 0 Å². The maximum atomic E-state index is 9.88. The van der Waals surface area contributed by atoms with Crippen LogP contribution >= 0.6 is 0 Å². The van der Waals surface area contributed by atoms with Crippen LogP contribution in [0.5, 0.6) is 11.5 Å². The first-order valence-electron chi connectivity index (χ1n) is 8.49. The predicted molar refractivity (Wildman–Crippen MR) is 99.9 cm³/mol. The lowest BCUT2D eigenvalue weighted by Crippen LogP contribution is -2.42. The summed E-state index contributed by atoms with van der Waals surface area (Å²) >= 11 is 0. The molecule has 0 bridgehead atoms. The molecule has 2 atom stereocenters. The highest BCUT2D eigenvalue weighted by Crippen LogP contribution is 2.35. The number of hydrogen-bond acceptors (Lipinski definition) is 3. The number of rotatable bonds is 6. The highest BCUT2D eigenvalue weighted by Gasteiger charge is 2.21.